The summed E-state index contributed by atoms with van der Waals surface area (Å²) in [6, 6.07) is 25.3. The quantitative estimate of drug-likeness (QED) is 0.586. The first kappa shape index (κ1) is 21.7. The van der Waals surface area contributed by atoms with Gasteiger partial charge in [-0.05, 0) is 35.2 Å². The highest BCUT2D eigenvalue weighted by Crippen LogP contribution is 2.40. The molecule has 2 N–H and O–H groups in total. The van der Waals surface area contributed by atoms with Crippen LogP contribution in [-0.2, 0) is 16.8 Å². The first-order chi connectivity index (χ1) is 15.3. The van der Waals surface area contributed by atoms with E-state index >= 15 is 0 Å². The zero-order chi connectivity index (χ0) is 22.8. The predicted molar refractivity (Wildman–Crippen MR) is 120 cm³/mol. The molecule has 1 aliphatic heterocycles. The summed E-state index contributed by atoms with van der Waals surface area (Å²) in [4.78, 5) is 18.4. The molecule has 3 aromatic carbocycles. The fraction of sp³-hybridized carbons (Fsp3) is 0.231. The third kappa shape index (κ3) is 4.40. The van der Waals surface area contributed by atoms with Gasteiger partial charge in [0.25, 0.3) is 0 Å². The van der Waals surface area contributed by atoms with Crippen molar-refractivity contribution < 1.29 is 18.3 Å². The number of nitrogens with two attached hydrogens (primary N) is 1. The normalized spacial score (nSPS) is 18.2. The third-order valence-corrected chi connectivity index (χ3v) is 5.64. The predicted octanol–water partition coefficient (Wildman–Crippen LogP) is 5.11. The number of amidine groups is 1. The summed E-state index contributed by atoms with van der Waals surface area (Å²) in [5.74, 6) is 0.176. The van der Waals surface area contributed by atoms with E-state index in [0.717, 1.165) is 16.7 Å². The molecule has 1 heterocycles. The van der Waals surface area contributed by atoms with Gasteiger partial charge in [-0.25, -0.2) is 4.99 Å². The highest BCUT2D eigenvalue weighted by atomic mass is 19.3. The second-order valence-electron chi connectivity index (χ2n) is 8.06. The lowest BCUT2D eigenvalue weighted by molar-refractivity contribution is -0.159. The molecule has 0 aliphatic carbocycles. The second kappa shape index (κ2) is 8.54. The summed E-state index contributed by atoms with van der Waals surface area (Å²) < 4.78 is 30.6. The molecule has 4 rings (SSSR count). The SMILES string of the molecule is CC(F)(F)Oc1ccc(CC2CC(=O)C(c3ccccc3)(c3ccccc3)N=C2N)cc1. The number of carbonyl (C=O) groups is 1. The number of nitrogens with zero attached hydrogens (tertiary/aromatic N) is 1. The van der Waals surface area contributed by atoms with Gasteiger partial charge < -0.3 is 10.5 Å². The Hall–Kier alpha value is -3.54. The van der Waals surface area contributed by atoms with Crippen LogP contribution in [0.3, 0.4) is 0 Å². The monoisotopic (exact) mass is 434 g/mol. The minimum absolute atomic E-state index is 0.0281. The van der Waals surface area contributed by atoms with Crippen molar-refractivity contribution in [3.8, 4) is 5.75 Å². The second-order valence-corrected chi connectivity index (χ2v) is 8.06. The lowest BCUT2D eigenvalue weighted by atomic mass is 9.73. The molecule has 32 heavy (non-hydrogen) atoms. The number of alkyl halides is 2. The highest BCUT2D eigenvalue weighted by Gasteiger charge is 2.46. The molecule has 0 amide bonds. The molecule has 0 aromatic heterocycles. The van der Waals surface area contributed by atoms with Crippen molar-refractivity contribution in [1.82, 2.24) is 0 Å². The van der Waals surface area contributed by atoms with Gasteiger partial charge >= 0.3 is 6.11 Å². The Balaban J connectivity index is 1.65. The van der Waals surface area contributed by atoms with Crippen LogP contribution in [0.15, 0.2) is 89.9 Å². The summed E-state index contributed by atoms with van der Waals surface area (Å²) in [5.41, 5.74) is 7.67. The van der Waals surface area contributed by atoms with E-state index in [4.69, 9.17) is 10.7 Å². The first-order valence-electron chi connectivity index (χ1n) is 10.4. The molecule has 164 valence electrons. The average molecular weight is 434 g/mol. The molecule has 0 radical (unpaired) electrons. The van der Waals surface area contributed by atoms with Gasteiger partial charge in [0.2, 0.25) is 0 Å². The largest absolute Gasteiger partial charge is 0.433 e. The molecule has 0 spiro atoms. The van der Waals surface area contributed by atoms with Gasteiger partial charge in [-0.3, -0.25) is 4.79 Å². The van der Waals surface area contributed by atoms with Crippen LogP contribution in [0, 0.1) is 5.92 Å². The molecule has 0 bridgehead atoms. The van der Waals surface area contributed by atoms with E-state index < -0.39 is 11.6 Å². The first-order valence-corrected chi connectivity index (χ1v) is 10.4. The molecule has 3 aromatic rings. The van der Waals surface area contributed by atoms with Crippen molar-refractivity contribution in [2.75, 3.05) is 0 Å². The molecule has 4 nitrogen and oxygen atoms in total. The number of rotatable bonds is 6. The Kier molecular flexibility index (Phi) is 5.78. The summed E-state index contributed by atoms with van der Waals surface area (Å²) in [5, 5.41) is 0. The maximum Gasteiger partial charge on any atom is 0.394 e. The maximum absolute atomic E-state index is 13.6. The van der Waals surface area contributed by atoms with Crippen LogP contribution in [0.1, 0.15) is 30.0 Å². The van der Waals surface area contributed by atoms with E-state index in [0.29, 0.717) is 19.2 Å². The number of ether oxygens (including phenoxy) is 1. The van der Waals surface area contributed by atoms with Gasteiger partial charge in [0.15, 0.2) is 11.3 Å². The Labute approximate surface area is 185 Å². The smallest absolute Gasteiger partial charge is 0.394 e. The minimum atomic E-state index is -3.24. The summed E-state index contributed by atoms with van der Waals surface area (Å²) in [6.45, 7) is 0.692. The number of hydrogen-bond acceptors (Lipinski definition) is 4. The highest BCUT2D eigenvalue weighted by molar-refractivity contribution is 6.02. The Bertz CT molecular complexity index is 1070. The van der Waals surface area contributed by atoms with Crippen LogP contribution >= 0.6 is 0 Å². The summed E-state index contributed by atoms with van der Waals surface area (Å²) >= 11 is 0. The number of halogens is 2. The molecule has 6 heteroatoms. The molecule has 1 aliphatic rings. The van der Waals surface area contributed by atoms with Crippen LogP contribution in [0.2, 0.25) is 0 Å². The van der Waals surface area contributed by atoms with Gasteiger partial charge in [0.05, 0.1) is 5.84 Å². The zero-order valence-corrected chi connectivity index (χ0v) is 17.7. The van der Waals surface area contributed by atoms with E-state index in [1.54, 1.807) is 12.1 Å². The van der Waals surface area contributed by atoms with E-state index in [-0.39, 0.29) is 23.9 Å². The molecule has 1 unspecified atom stereocenters. The van der Waals surface area contributed by atoms with E-state index in [9.17, 15) is 13.6 Å². The molecular weight excluding hydrogens is 410 g/mol. The van der Waals surface area contributed by atoms with Gasteiger partial charge in [-0.15, -0.1) is 0 Å². The van der Waals surface area contributed by atoms with Gasteiger partial charge in [0, 0.05) is 19.3 Å². The number of carbonyl (C=O) groups excluding carboxylic acids is 1. The van der Waals surface area contributed by atoms with Gasteiger partial charge in [-0.2, -0.15) is 8.78 Å². The molecule has 0 saturated heterocycles. The number of aliphatic imine (C=N–C) groups is 1. The van der Waals surface area contributed by atoms with Crippen LogP contribution in [0.5, 0.6) is 5.75 Å². The van der Waals surface area contributed by atoms with Crippen molar-refractivity contribution in [1.29, 1.82) is 0 Å². The van der Waals surface area contributed by atoms with Crippen LogP contribution in [0.4, 0.5) is 8.78 Å². The number of ketones is 1. The topological polar surface area (TPSA) is 64.7 Å². The Morgan fingerprint density at radius 1 is 0.969 bits per heavy atom. The van der Waals surface area contributed by atoms with Crippen LogP contribution in [0.25, 0.3) is 0 Å². The molecule has 0 fully saturated rings. The number of benzene rings is 3. The van der Waals surface area contributed by atoms with Gasteiger partial charge in [-0.1, -0.05) is 72.8 Å². The van der Waals surface area contributed by atoms with Crippen molar-refractivity contribution in [3.63, 3.8) is 0 Å². The summed E-state index contributed by atoms with van der Waals surface area (Å²) in [6.07, 6.45) is -2.54. The fourth-order valence-electron chi connectivity index (χ4n) is 4.16. The minimum Gasteiger partial charge on any atom is -0.433 e. The third-order valence-electron chi connectivity index (χ3n) is 5.64. The van der Waals surface area contributed by atoms with E-state index in [2.05, 4.69) is 4.74 Å². The molecule has 0 saturated carbocycles. The van der Waals surface area contributed by atoms with Crippen molar-refractivity contribution in [2.45, 2.75) is 31.4 Å². The van der Waals surface area contributed by atoms with Crippen molar-refractivity contribution in [3.05, 3.63) is 102 Å². The maximum atomic E-state index is 13.6. The lowest BCUT2D eigenvalue weighted by Crippen LogP contribution is -2.46. The molecular formula is C26H24F2N2O2. The lowest BCUT2D eigenvalue weighted by Gasteiger charge is -2.36. The fourth-order valence-corrected chi connectivity index (χ4v) is 4.16. The zero-order valence-electron chi connectivity index (χ0n) is 17.7. The summed E-state index contributed by atoms with van der Waals surface area (Å²) in [7, 11) is 0. The van der Waals surface area contributed by atoms with Gasteiger partial charge in [0.1, 0.15) is 5.75 Å². The van der Waals surface area contributed by atoms with Crippen LogP contribution in [-0.4, -0.2) is 17.7 Å². The Morgan fingerprint density at radius 3 is 2.00 bits per heavy atom. The van der Waals surface area contributed by atoms with Crippen LogP contribution < -0.4 is 10.5 Å². The van der Waals surface area contributed by atoms with E-state index in [1.807, 2.05) is 60.7 Å². The molecule has 1 atom stereocenters. The standard InChI is InChI=1S/C26H24F2N2O2/c1-25(27,28)32-22-14-12-18(13-15-22)16-19-17-23(31)26(30-24(19)29,20-8-4-2-5-9-20)21-10-6-3-7-11-21/h2-15,19H,16-17H2,1H3,(H2,29,30). The number of hydrogen-bond donors (Lipinski definition) is 1. The Morgan fingerprint density at radius 2 is 1.50 bits per heavy atom. The van der Waals surface area contributed by atoms with Crippen molar-refractivity contribution >= 4 is 11.6 Å². The number of Topliss-reactive ketones (excluding diaryl/α,β-unsaturated/α-hetero) is 1. The van der Waals surface area contributed by atoms with E-state index in [1.165, 1.54) is 12.1 Å². The average Bonchev–Trinajstić information content (AvgIpc) is 2.77. The van der Waals surface area contributed by atoms with Crippen molar-refractivity contribution in [2.24, 2.45) is 16.6 Å².